The average Bonchev–Trinajstić information content (AvgIpc) is 0.817. The molecule has 0 saturated heterocycles. The van der Waals surface area contributed by atoms with Gasteiger partial charge in [0.1, 0.15) is 0 Å². The van der Waals surface area contributed by atoms with Crippen molar-refractivity contribution in [3.05, 3.63) is 0 Å². The maximum Gasteiger partial charge on any atom is 0.669 e. The molecule has 0 aromatic rings. The molecule has 0 spiro atoms. The van der Waals surface area contributed by atoms with Gasteiger partial charge >= 0.3 is 180 Å². The highest BCUT2D eigenvalue weighted by atomic mass is 28.6. The molecule has 0 radical (unpaired) electrons. The predicted molar refractivity (Wildman–Crippen MR) is 423 cm³/mol. The largest absolute Gasteiger partial charge is 0.669 e. The first-order valence-electron chi connectivity index (χ1n) is 31.9. The minimum absolute atomic E-state index is 1.50. The van der Waals surface area contributed by atoms with Crippen molar-refractivity contribution < 1.29 is 99.7 Å². The van der Waals surface area contributed by atoms with Crippen LogP contribution in [0.25, 0.3) is 0 Å². The molecule has 0 heterocycles. The Bertz CT molecular complexity index is 2310. The Labute approximate surface area is 586 Å². The van der Waals surface area contributed by atoms with Crippen molar-refractivity contribution >= 4 is 189 Å². The molecule has 0 aliphatic heterocycles. The van der Waals surface area contributed by atoms with E-state index in [1.807, 2.05) is 144 Å². The van der Waals surface area contributed by atoms with Crippen LogP contribution in [0.5, 0.6) is 0 Å². The van der Waals surface area contributed by atoms with Crippen LogP contribution in [0.4, 0.5) is 0 Å². The van der Waals surface area contributed by atoms with Crippen molar-refractivity contribution in [2.75, 3.05) is 21.3 Å². The molecule has 0 unspecified atom stereocenters. The van der Waals surface area contributed by atoms with E-state index in [1.54, 1.807) is 0 Å². The van der Waals surface area contributed by atoms with Crippen molar-refractivity contribution in [1.29, 1.82) is 0 Å². The van der Waals surface area contributed by atoms with Crippen LogP contribution in [0.2, 0.25) is 282 Å². The van der Waals surface area contributed by atoms with E-state index in [0.717, 1.165) is 0 Å². The Hall–Kier alpha value is 3.81. The molecule has 92 heavy (non-hydrogen) atoms. The summed E-state index contributed by atoms with van der Waals surface area (Å²) in [6.07, 6.45) is 0. The lowest BCUT2D eigenvalue weighted by Gasteiger charge is -2.45. The van der Waals surface area contributed by atoms with Crippen molar-refractivity contribution in [3.8, 4) is 0 Å². The summed E-state index contributed by atoms with van der Waals surface area (Å²) in [5, 5.41) is 0. The minimum Gasteiger partial charge on any atom is -0.437 e. The molecule has 0 aliphatic carbocycles. The Morgan fingerprint density at radius 2 is 0.185 bits per heavy atom. The molecule has 554 valence electrons. The molecule has 0 bridgehead atoms. The number of rotatable bonds is 45. The van der Waals surface area contributed by atoms with Crippen molar-refractivity contribution in [2.45, 2.75) is 282 Å². The SMILES string of the molecule is CO[Si](OC)(OC)O[Si](C)(C)O[Si](C)(C)O[Si](C)(C)O[Si](C)(C)O[Si](C)(C)O[Si](C)(C)O[Si](C)(C)O[Si](C)(C)O[Si](C)(C)O[Si](C)(C)O[Si](C)(C)O[Si](C)(C)O[Si](C)(C)O[Si](C)(C)O[Si](C)(C)O[Si](C)(C)O[Si](C)(C)O[Si](C)(C)O[Si](C)(C)O[Si](C)(C)O[Si](C)(C)C. The lowest BCUT2D eigenvalue weighted by atomic mass is 11.8. The van der Waals surface area contributed by atoms with Gasteiger partial charge in [-0.3, -0.25) is 0 Å². The van der Waals surface area contributed by atoms with E-state index in [1.165, 1.54) is 21.3 Å². The van der Waals surface area contributed by atoms with Crippen LogP contribution < -0.4 is 0 Å². The maximum absolute atomic E-state index is 6.97. The van der Waals surface area contributed by atoms with Crippen LogP contribution in [0, 0.1) is 0 Å². The second-order valence-corrected chi connectivity index (χ2v) is 113. The Morgan fingerprint density at radius 3 is 0.261 bits per heavy atom. The lowest BCUT2D eigenvalue weighted by molar-refractivity contribution is 0.0403. The Balaban J connectivity index is 5.88. The van der Waals surface area contributed by atoms with Gasteiger partial charge in [-0.25, -0.2) is 0 Å². The monoisotopic (exact) mass is 1690 g/mol. The molecule has 0 saturated carbocycles. The first kappa shape index (κ1) is 95.8. The molecule has 24 nitrogen and oxygen atoms in total. The zero-order valence-corrected chi connectivity index (χ0v) is 88.8. The summed E-state index contributed by atoms with van der Waals surface area (Å²) in [4.78, 5) is 0. The summed E-state index contributed by atoms with van der Waals surface area (Å²) in [5.74, 6) is 0. The summed E-state index contributed by atoms with van der Waals surface area (Å²) in [6, 6.07) is 0. The lowest BCUT2D eigenvalue weighted by Crippen LogP contribution is -2.63. The van der Waals surface area contributed by atoms with Crippen LogP contribution in [-0.2, 0) is 99.7 Å². The fourth-order valence-electron chi connectivity index (χ4n) is 13.1. The van der Waals surface area contributed by atoms with E-state index in [0.29, 0.717) is 0 Å². The second kappa shape index (κ2) is 32.7. The highest BCUT2D eigenvalue weighted by Gasteiger charge is 2.56. The summed E-state index contributed by atoms with van der Waals surface area (Å²) in [6.45, 7) is 88.2. The third-order valence-electron chi connectivity index (χ3n) is 11.0. The summed E-state index contributed by atoms with van der Waals surface area (Å²) in [7, 11) is -57.0. The quantitative estimate of drug-likeness (QED) is 0.0517. The van der Waals surface area contributed by atoms with Gasteiger partial charge in [-0.1, -0.05) is 0 Å². The second-order valence-electron chi connectivity index (χ2n) is 33.4. The molecule has 0 aliphatic rings. The van der Waals surface area contributed by atoms with Crippen LogP contribution in [0.1, 0.15) is 0 Å². The van der Waals surface area contributed by atoms with Crippen LogP contribution >= 0.6 is 0 Å². The zero-order chi connectivity index (χ0) is 74.0. The standard InChI is InChI=1S/C46H138O24Si22/c1-47-92(48-2,49-3)70-91(45,46)69-90(43,44)68-89(41,42)67-88(39,40)66-87(37,38)65-86(35,36)64-85(33,34)63-84(31,32)62-83(29,30)61-82(27,28)60-81(25,26)59-80(23,24)58-79(21,22)57-78(19,20)56-77(17,18)55-76(15,16)54-75(13,14)53-74(11,12)52-73(9,10)51-72(7,8)50-71(4,5)6/h1-46H3. The van der Waals surface area contributed by atoms with Crippen LogP contribution in [0.3, 0.4) is 0 Å². The molecule has 0 aromatic heterocycles. The molecule has 0 amide bonds. The number of hydrogen-bond donors (Lipinski definition) is 0. The smallest absolute Gasteiger partial charge is 0.437 e. The topological polar surface area (TPSA) is 222 Å². The summed E-state index contributed by atoms with van der Waals surface area (Å²) >= 11 is 0. The molecule has 0 rings (SSSR count). The van der Waals surface area contributed by atoms with E-state index >= 15 is 0 Å². The van der Waals surface area contributed by atoms with Crippen molar-refractivity contribution in [3.63, 3.8) is 0 Å². The van der Waals surface area contributed by atoms with Crippen LogP contribution in [-0.4, -0.2) is 210 Å². The van der Waals surface area contributed by atoms with Gasteiger partial charge in [-0.2, -0.15) is 0 Å². The summed E-state index contributed by atoms with van der Waals surface area (Å²) < 4.78 is 160. The van der Waals surface area contributed by atoms with Gasteiger partial charge in [0.15, 0.2) is 8.32 Å². The van der Waals surface area contributed by atoms with Gasteiger partial charge in [-0.15, -0.1) is 0 Å². The molecular weight excluding hydrogens is 1550 g/mol. The fraction of sp³-hybridized carbons (Fsp3) is 1.00. The Morgan fingerprint density at radius 1 is 0.109 bits per heavy atom. The molecule has 0 N–H and O–H groups in total. The van der Waals surface area contributed by atoms with Gasteiger partial charge in [0.2, 0.25) is 0 Å². The van der Waals surface area contributed by atoms with Crippen molar-refractivity contribution in [1.82, 2.24) is 0 Å². The van der Waals surface area contributed by atoms with Crippen molar-refractivity contribution in [2.24, 2.45) is 0 Å². The van der Waals surface area contributed by atoms with Gasteiger partial charge < -0.3 is 99.7 Å². The molecule has 0 fully saturated rings. The fourth-order valence-corrected chi connectivity index (χ4v) is 124. The molecule has 0 aromatic carbocycles. The van der Waals surface area contributed by atoms with Gasteiger partial charge in [-0.05, 0) is 282 Å². The molecule has 0 atom stereocenters. The van der Waals surface area contributed by atoms with E-state index < -0.39 is 189 Å². The van der Waals surface area contributed by atoms with Gasteiger partial charge in [0.05, 0.1) is 0 Å². The normalized spacial score (nSPS) is 16.1. The third-order valence-corrected chi connectivity index (χ3v) is 94.6. The minimum atomic E-state index is -3.36. The third kappa shape index (κ3) is 41.9. The predicted octanol–water partition coefficient (Wildman–Crippen LogP) is 15.6. The van der Waals surface area contributed by atoms with Gasteiger partial charge in [0, 0.05) is 21.3 Å². The van der Waals surface area contributed by atoms with Crippen LogP contribution in [0.15, 0.2) is 0 Å². The Kier molecular flexibility index (Phi) is 34.0. The molecule has 46 heteroatoms. The maximum atomic E-state index is 6.97. The first-order chi connectivity index (χ1) is 39.5. The zero-order valence-electron chi connectivity index (χ0n) is 66.8. The highest BCUT2D eigenvalue weighted by Crippen LogP contribution is 2.36. The number of hydrogen-bond acceptors (Lipinski definition) is 24. The van der Waals surface area contributed by atoms with E-state index in [4.69, 9.17) is 99.7 Å². The van der Waals surface area contributed by atoms with E-state index in [-0.39, 0.29) is 0 Å². The molecular formula is C46H138O24Si22. The van der Waals surface area contributed by atoms with E-state index in [2.05, 4.69) is 137 Å². The van der Waals surface area contributed by atoms with Gasteiger partial charge in [0.25, 0.3) is 0 Å². The summed E-state index contributed by atoms with van der Waals surface area (Å²) in [5.41, 5.74) is 0. The average molecular weight is 1690 g/mol. The highest BCUT2D eigenvalue weighted by molar-refractivity contribution is 6.96. The first-order valence-corrected chi connectivity index (χ1v) is 93.3. The van der Waals surface area contributed by atoms with E-state index in [9.17, 15) is 0 Å².